The van der Waals surface area contributed by atoms with Crippen molar-refractivity contribution >= 4 is 0 Å². The summed E-state index contributed by atoms with van der Waals surface area (Å²) in [5.41, 5.74) is 1.00. The molecule has 0 saturated carbocycles. The fraction of sp³-hybridized carbons (Fsp3) is 0.182. The van der Waals surface area contributed by atoms with E-state index in [1.54, 1.807) is 30.5 Å². The highest BCUT2D eigenvalue weighted by molar-refractivity contribution is 5.31. The fourth-order valence-corrected chi connectivity index (χ4v) is 1.27. The Hall–Kier alpha value is -1.97. The molecule has 4 nitrogen and oxygen atoms in total. The number of aromatic nitrogens is 2. The maximum atomic E-state index is 9.21. The van der Waals surface area contributed by atoms with E-state index >= 15 is 0 Å². The zero-order chi connectivity index (χ0) is 10.7. The van der Waals surface area contributed by atoms with Crippen molar-refractivity contribution in [3.05, 3.63) is 42.0 Å². The highest BCUT2D eigenvalue weighted by Gasteiger charge is 1.99. The average molecular weight is 204 g/mol. The lowest BCUT2D eigenvalue weighted by Crippen LogP contribution is -1.97. The molecule has 2 rings (SSSR count). The first-order chi connectivity index (χ1) is 7.24. The maximum Gasteiger partial charge on any atom is 0.146 e. The number of phenolic OH excluding ortho intramolecular Hbond substituents is 1. The van der Waals surface area contributed by atoms with Crippen LogP contribution in [0.25, 0.3) is 0 Å². The molecule has 0 spiro atoms. The van der Waals surface area contributed by atoms with Gasteiger partial charge in [-0.2, -0.15) is 0 Å². The zero-order valence-corrected chi connectivity index (χ0v) is 8.40. The monoisotopic (exact) mass is 204 g/mol. The minimum atomic E-state index is 0.197. The van der Waals surface area contributed by atoms with Crippen LogP contribution in [0.4, 0.5) is 0 Å². The first-order valence-electron chi connectivity index (χ1n) is 4.66. The van der Waals surface area contributed by atoms with Gasteiger partial charge < -0.3 is 14.8 Å². The van der Waals surface area contributed by atoms with Crippen molar-refractivity contribution in [1.82, 2.24) is 9.97 Å². The van der Waals surface area contributed by atoms with Gasteiger partial charge in [-0.25, -0.2) is 4.98 Å². The Morgan fingerprint density at radius 2 is 2.33 bits per heavy atom. The molecular formula is C11H12N2O2. The summed E-state index contributed by atoms with van der Waals surface area (Å²) >= 11 is 0. The van der Waals surface area contributed by atoms with Crippen LogP contribution >= 0.6 is 0 Å². The van der Waals surface area contributed by atoms with Crippen molar-refractivity contribution in [2.24, 2.45) is 0 Å². The number of imidazole rings is 1. The van der Waals surface area contributed by atoms with Crippen molar-refractivity contribution in [3.8, 4) is 11.5 Å². The topological polar surface area (TPSA) is 58.1 Å². The van der Waals surface area contributed by atoms with Gasteiger partial charge >= 0.3 is 0 Å². The third kappa shape index (κ3) is 2.49. The molecule has 2 aromatic rings. The van der Waals surface area contributed by atoms with Crippen LogP contribution in [-0.2, 0) is 6.61 Å². The van der Waals surface area contributed by atoms with E-state index in [9.17, 15) is 5.11 Å². The standard InChI is InChI=1S/C11H12N2O2/c1-8-6-12-11(13-8)7-15-10-4-2-3-9(14)5-10/h2-6,14H,7H2,1H3,(H,12,13). The summed E-state index contributed by atoms with van der Waals surface area (Å²) in [5.74, 6) is 1.60. The highest BCUT2D eigenvalue weighted by Crippen LogP contribution is 2.18. The zero-order valence-electron chi connectivity index (χ0n) is 8.40. The third-order valence-electron chi connectivity index (χ3n) is 1.95. The number of nitrogens with one attached hydrogen (secondary N) is 1. The number of hydrogen-bond donors (Lipinski definition) is 2. The molecule has 4 heteroatoms. The van der Waals surface area contributed by atoms with Gasteiger partial charge in [0.15, 0.2) is 0 Å². The molecule has 1 heterocycles. The molecule has 0 aliphatic heterocycles. The van der Waals surface area contributed by atoms with Crippen LogP contribution in [0.1, 0.15) is 11.5 Å². The van der Waals surface area contributed by atoms with E-state index in [2.05, 4.69) is 9.97 Å². The minimum absolute atomic E-state index is 0.197. The Morgan fingerprint density at radius 1 is 1.47 bits per heavy atom. The van der Waals surface area contributed by atoms with Gasteiger partial charge in [0.05, 0.1) is 0 Å². The molecule has 0 atom stereocenters. The highest BCUT2D eigenvalue weighted by atomic mass is 16.5. The lowest BCUT2D eigenvalue weighted by molar-refractivity contribution is 0.295. The van der Waals surface area contributed by atoms with E-state index in [1.807, 2.05) is 6.92 Å². The van der Waals surface area contributed by atoms with E-state index in [1.165, 1.54) is 0 Å². The lowest BCUT2D eigenvalue weighted by atomic mass is 10.3. The molecule has 0 radical (unpaired) electrons. The second kappa shape index (κ2) is 4.04. The third-order valence-corrected chi connectivity index (χ3v) is 1.95. The van der Waals surface area contributed by atoms with Crippen LogP contribution < -0.4 is 4.74 Å². The molecule has 0 unspecified atom stereocenters. The SMILES string of the molecule is Cc1cnc(COc2cccc(O)c2)[nH]1. The van der Waals surface area contributed by atoms with Gasteiger partial charge in [-0.05, 0) is 19.1 Å². The molecule has 0 bridgehead atoms. The fourth-order valence-electron chi connectivity index (χ4n) is 1.27. The lowest BCUT2D eigenvalue weighted by Gasteiger charge is -2.03. The number of nitrogens with zero attached hydrogens (tertiary/aromatic N) is 1. The number of rotatable bonds is 3. The molecule has 0 saturated heterocycles. The van der Waals surface area contributed by atoms with Crippen LogP contribution in [-0.4, -0.2) is 15.1 Å². The first kappa shape index (κ1) is 9.58. The summed E-state index contributed by atoms with van der Waals surface area (Å²) in [7, 11) is 0. The molecule has 1 aromatic carbocycles. The Kier molecular flexibility index (Phi) is 2.58. The summed E-state index contributed by atoms with van der Waals surface area (Å²) in [5, 5.41) is 9.21. The second-order valence-electron chi connectivity index (χ2n) is 3.30. The summed E-state index contributed by atoms with van der Waals surface area (Å²) in [4.78, 5) is 7.17. The molecule has 78 valence electrons. The Labute approximate surface area is 87.6 Å². The number of aromatic amines is 1. The molecular weight excluding hydrogens is 192 g/mol. The van der Waals surface area contributed by atoms with Crippen LogP contribution in [0.2, 0.25) is 0 Å². The normalized spacial score (nSPS) is 10.2. The van der Waals surface area contributed by atoms with Gasteiger partial charge in [0, 0.05) is 18.0 Å². The van der Waals surface area contributed by atoms with E-state index in [-0.39, 0.29) is 5.75 Å². The molecule has 2 N–H and O–H groups in total. The number of hydrogen-bond acceptors (Lipinski definition) is 3. The van der Waals surface area contributed by atoms with E-state index in [0.29, 0.717) is 12.4 Å². The van der Waals surface area contributed by atoms with Crippen LogP contribution in [0.5, 0.6) is 11.5 Å². The average Bonchev–Trinajstić information content (AvgIpc) is 2.62. The number of ether oxygens (including phenoxy) is 1. The largest absolute Gasteiger partial charge is 0.508 e. The predicted molar refractivity (Wildman–Crippen MR) is 55.8 cm³/mol. The number of H-pyrrole nitrogens is 1. The van der Waals surface area contributed by atoms with E-state index in [0.717, 1.165) is 11.5 Å². The maximum absolute atomic E-state index is 9.21. The summed E-state index contributed by atoms with van der Waals surface area (Å²) in [6.07, 6.45) is 1.75. The summed E-state index contributed by atoms with van der Waals surface area (Å²) in [6.45, 7) is 2.31. The molecule has 0 amide bonds. The number of benzene rings is 1. The van der Waals surface area contributed by atoms with E-state index < -0.39 is 0 Å². The van der Waals surface area contributed by atoms with Gasteiger partial charge in [-0.15, -0.1) is 0 Å². The number of phenols is 1. The Morgan fingerprint density at radius 3 is 3.00 bits per heavy atom. The summed E-state index contributed by atoms with van der Waals surface area (Å²) < 4.78 is 5.43. The van der Waals surface area contributed by atoms with Crippen molar-refractivity contribution in [2.75, 3.05) is 0 Å². The van der Waals surface area contributed by atoms with Crippen molar-refractivity contribution in [2.45, 2.75) is 13.5 Å². The predicted octanol–water partition coefficient (Wildman–Crippen LogP) is 2.00. The Balaban J connectivity index is 1.99. The molecule has 0 fully saturated rings. The van der Waals surface area contributed by atoms with Crippen LogP contribution in [0.3, 0.4) is 0 Å². The first-order valence-corrected chi connectivity index (χ1v) is 4.66. The van der Waals surface area contributed by atoms with Crippen molar-refractivity contribution in [1.29, 1.82) is 0 Å². The van der Waals surface area contributed by atoms with Crippen molar-refractivity contribution in [3.63, 3.8) is 0 Å². The summed E-state index contributed by atoms with van der Waals surface area (Å²) in [6, 6.07) is 6.69. The number of aromatic hydroxyl groups is 1. The number of aryl methyl sites for hydroxylation is 1. The van der Waals surface area contributed by atoms with Gasteiger partial charge in [-0.1, -0.05) is 6.07 Å². The Bertz CT molecular complexity index is 451. The quantitative estimate of drug-likeness (QED) is 0.804. The van der Waals surface area contributed by atoms with Gasteiger partial charge in [0.1, 0.15) is 23.9 Å². The smallest absolute Gasteiger partial charge is 0.146 e. The second-order valence-corrected chi connectivity index (χ2v) is 3.30. The van der Waals surface area contributed by atoms with Crippen LogP contribution in [0, 0.1) is 6.92 Å². The van der Waals surface area contributed by atoms with Gasteiger partial charge in [-0.3, -0.25) is 0 Å². The molecule has 1 aromatic heterocycles. The van der Waals surface area contributed by atoms with Crippen LogP contribution in [0.15, 0.2) is 30.5 Å². The molecule has 15 heavy (non-hydrogen) atoms. The molecule has 0 aliphatic rings. The van der Waals surface area contributed by atoms with Gasteiger partial charge in [0.2, 0.25) is 0 Å². The molecule has 0 aliphatic carbocycles. The van der Waals surface area contributed by atoms with Crippen molar-refractivity contribution < 1.29 is 9.84 Å². The van der Waals surface area contributed by atoms with E-state index in [4.69, 9.17) is 4.74 Å². The van der Waals surface area contributed by atoms with Gasteiger partial charge in [0.25, 0.3) is 0 Å². The minimum Gasteiger partial charge on any atom is -0.508 e.